The molecule has 1 fully saturated rings. The molecule has 0 bridgehead atoms. The first kappa shape index (κ1) is 17.7. The fraction of sp³-hybridized carbons (Fsp3) is 0.353. The van der Waals surface area contributed by atoms with E-state index in [1.807, 2.05) is 36.5 Å². The van der Waals surface area contributed by atoms with Crippen LogP contribution in [0.2, 0.25) is 5.02 Å². The van der Waals surface area contributed by atoms with Crippen molar-refractivity contribution in [2.45, 2.75) is 19.3 Å². The van der Waals surface area contributed by atoms with Gasteiger partial charge in [-0.2, -0.15) is 0 Å². The van der Waals surface area contributed by atoms with Gasteiger partial charge in [-0.1, -0.05) is 11.6 Å². The van der Waals surface area contributed by atoms with E-state index in [0.29, 0.717) is 34.5 Å². The molecule has 25 heavy (non-hydrogen) atoms. The normalized spacial score (nSPS) is 14.0. The van der Waals surface area contributed by atoms with Crippen LogP contribution in [0.1, 0.15) is 18.5 Å². The van der Waals surface area contributed by atoms with Crippen LogP contribution in [0.3, 0.4) is 0 Å². The number of hydrogen-bond acceptors (Lipinski definition) is 5. The third-order valence-electron chi connectivity index (χ3n) is 3.90. The number of nitrogens with zero attached hydrogens (tertiary/aromatic N) is 3. The molecule has 0 atom stereocenters. The molecular formula is C17H19ClN4O2S. The van der Waals surface area contributed by atoms with Crippen molar-refractivity contribution in [3.63, 3.8) is 0 Å². The molecule has 2 heterocycles. The Bertz CT molecular complexity index is 806. The number of aromatic nitrogens is 1. The van der Waals surface area contributed by atoms with Gasteiger partial charge in [-0.15, -0.1) is 11.3 Å². The van der Waals surface area contributed by atoms with Gasteiger partial charge in [0.05, 0.1) is 22.8 Å². The molecule has 6 nitrogen and oxygen atoms in total. The lowest BCUT2D eigenvalue weighted by atomic mass is 10.2. The zero-order valence-corrected chi connectivity index (χ0v) is 15.7. The summed E-state index contributed by atoms with van der Waals surface area (Å²) in [6, 6.07) is 5.40. The third-order valence-corrected chi connectivity index (χ3v) is 5.11. The molecule has 8 heteroatoms. The Morgan fingerprint density at radius 3 is 2.88 bits per heavy atom. The van der Waals surface area contributed by atoms with E-state index in [1.165, 1.54) is 11.3 Å². The molecule has 1 N–H and O–H groups in total. The number of halogens is 1. The summed E-state index contributed by atoms with van der Waals surface area (Å²) in [5.41, 5.74) is 2.19. The van der Waals surface area contributed by atoms with Crippen LogP contribution in [0.5, 0.6) is 0 Å². The Morgan fingerprint density at radius 2 is 2.24 bits per heavy atom. The lowest BCUT2D eigenvalue weighted by molar-refractivity contribution is -0.117. The van der Waals surface area contributed by atoms with Gasteiger partial charge in [0.15, 0.2) is 5.13 Å². The van der Waals surface area contributed by atoms with E-state index in [4.69, 9.17) is 11.6 Å². The highest BCUT2D eigenvalue weighted by Gasteiger charge is 2.24. The fourth-order valence-electron chi connectivity index (χ4n) is 2.67. The molecule has 0 aliphatic carbocycles. The van der Waals surface area contributed by atoms with Gasteiger partial charge in [-0.05, 0) is 24.6 Å². The SMILES string of the molecule is CN(C)c1ccc(NC(=O)Cc2csc(N3CCCC3=O)n2)cc1Cl. The molecule has 0 spiro atoms. The number of anilines is 3. The van der Waals surface area contributed by atoms with E-state index in [-0.39, 0.29) is 18.2 Å². The number of rotatable bonds is 5. The largest absolute Gasteiger partial charge is 0.376 e. The predicted molar refractivity (Wildman–Crippen MR) is 102 cm³/mol. The van der Waals surface area contributed by atoms with Gasteiger partial charge in [0, 0.05) is 38.1 Å². The molecule has 3 rings (SSSR count). The van der Waals surface area contributed by atoms with Crippen molar-refractivity contribution in [3.8, 4) is 0 Å². The van der Waals surface area contributed by atoms with Gasteiger partial charge in [-0.3, -0.25) is 14.5 Å². The molecule has 0 unspecified atom stereocenters. The third kappa shape index (κ3) is 4.11. The number of amides is 2. The maximum absolute atomic E-state index is 12.2. The van der Waals surface area contributed by atoms with Crippen molar-refractivity contribution in [2.24, 2.45) is 0 Å². The monoisotopic (exact) mass is 378 g/mol. The molecule has 1 aliphatic rings. The van der Waals surface area contributed by atoms with Crippen LogP contribution in [-0.2, 0) is 16.0 Å². The lowest BCUT2D eigenvalue weighted by Gasteiger charge is -2.15. The number of carbonyl (C=O) groups excluding carboxylic acids is 2. The van der Waals surface area contributed by atoms with Crippen LogP contribution in [0, 0.1) is 0 Å². The molecule has 132 valence electrons. The van der Waals surface area contributed by atoms with E-state index >= 15 is 0 Å². The van der Waals surface area contributed by atoms with Crippen molar-refractivity contribution in [2.75, 3.05) is 35.8 Å². The van der Waals surface area contributed by atoms with Crippen molar-refractivity contribution < 1.29 is 9.59 Å². The summed E-state index contributed by atoms with van der Waals surface area (Å²) >= 11 is 7.61. The summed E-state index contributed by atoms with van der Waals surface area (Å²) in [6.07, 6.45) is 1.59. The highest BCUT2D eigenvalue weighted by atomic mass is 35.5. The van der Waals surface area contributed by atoms with E-state index in [1.54, 1.807) is 11.0 Å². The molecule has 0 radical (unpaired) electrons. The topological polar surface area (TPSA) is 65.5 Å². The first-order valence-corrected chi connectivity index (χ1v) is 9.21. The minimum atomic E-state index is -0.168. The Balaban J connectivity index is 1.62. The van der Waals surface area contributed by atoms with Crippen LogP contribution in [-0.4, -0.2) is 37.4 Å². The molecule has 1 aliphatic heterocycles. The minimum Gasteiger partial charge on any atom is -0.376 e. The second-order valence-corrected chi connectivity index (χ2v) is 7.30. The summed E-state index contributed by atoms with van der Waals surface area (Å²) in [7, 11) is 3.81. The van der Waals surface area contributed by atoms with Crippen molar-refractivity contribution in [1.29, 1.82) is 0 Å². The van der Waals surface area contributed by atoms with Crippen LogP contribution < -0.4 is 15.1 Å². The number of benzene rings is 1. The molecule has 1 aromatic heterocycles. The second-order valence-electron chi connectivity index (χ2n) is 6.06. The van der Waals surface area contributed by atoms with Gasteiger partial charge >= 0.3 is 0 Å². The standard InChI is InChI=1S/C17H19ClN4O2S/c1-21(2)14-6-5-11(8-13(14)18)19-15(23)9-12-10-25-17(20-12)22-7-3-4-16(22)24/h5-6,8,10H,3-4,7,9H2,1-2H3,(H,19,23). The van der Waals surface area contributed by atoms with Gasteiger partial charge in [0.2, 0.25) is 11.8 Å². The predicted octanol–water partition coefficient (Wildman–Crippen LogP) is 3.17. The van der Waals surface area contributed by atoms with Gasteiger partial charge < -0.3 is 10.2 Å². The van der Waals surface area contributed by atoms with Gasteiger partial charge in [-0.25, -0.2) is 4.98 Å². The molecule has 2 aromatic rings. The molecule has 1 aromatic carbocycles. The minimum absolute atomic E-state index is 0.0981. The smallest absolute Gasteiger partial charge is 0.230 e. The fourth-order valence-corrected chi connectivity index (χ4v) is 3.89. The van der Waals surface area contributed by atoms with E-state index in [9.17, 15) is 9.59 Å². The Labute approximate surface area is 155 Å². The highest BCUT2D eigenvalue weighted by Crippen LogP contribution is 2.28. The Hall–Kier alpha value is -2.12. The summed E-state index contributed by atoms with van der Waals surface area (Å²) in [5.74, 6) is -0.0701. The molecule has 2 amide bonds. The quantitative estimate of drug-likeness (QED) is 0.867. The zero-order valence-electron chi connectivity index (χ0n) is 14.1. The Morgan fingerprint density at radius 1 is 1.44 bits per heavy atom. The number of thiazole rings is 1. The van der Waals surface area contributed by atoms with E-state index in [2.05, 4.69) is 10.3 Å². The summed E-state index contributed by atoms with van der Waals surface area (Å²) in [5, 5.41) is 5.89. The number of nitrogens with one attached hydrogen (secondary N) is 1. The molecule has 0 saturated carbocycles. The van der Waals surface area contributed by atoms with Crippen LogP contribution >= 0.6 is 22.9 Å². The second kappa shape index (κ2) is 7.41. The van der Waals surface area contributed by atoms with Crippen molar-refractivity contribution >= 4 is 51.3 Å². The molecule has 1 saturated heterocycles. The first-order valence-electron chi connectivity index (χ1n) is 7.95. The van der Waals surface area contributed by atoms with Crippen LogP contribution in [0.15, 0.2) is 23.6 Å². The van der Waals surface area contributed by atoms with Crippen LogP contribution in [0.25, 0.3) is 0 Å². The van der Waals surface area contributed by atoms with Crippen molar-refractivity contribution in [3.05, 3.63) is 34.3 Å². The lowest BCUT2D eigenvalue weighted by Crippen LogP contribution is -2.23. The van der Waals surface area contributed by atoms with Crippen LogP contribution in [0.4, 0.5) is 16.5 Å². The number of carbonyl (C=O) groups is 2. The summed E-state index contributed by atoms with van der Waals surface area (Å²) in [4.78, 5) is 32.0. The maximum Gasteiger partial charge on any atom is 0.230 e. The van der Waals surface area contributed by atoms with E-state index in [0.717, 1.165) is 12.1 Å². The molecular weight excluding hydrogens is 360 g/mol. The summed E-state index contributed by atoms with van der Waals surface area (Å²) < 4.78 is 0. The number of hydrogen-bond donors (Lipinski definition) is 1. The zero-order chi connectivity index (χ0) is 18.0. The van der Waals surface area contributed by atoms with Crippen molar-refractivity contribution in [1.82, 2.24) is 4.98 Å². The Kier molecular flexibility index (Phi) is 5.24. The average molecular weight is 379 g/mol. The van der Waals surface area contributed by atoms with Gasteiger partial charge in [0.25, 0.3) is 0 Å². The van der Waals surface area contributed by atoms with E-state index < -0.39 is 0 Å². The highest BCUT2D eigenvalue weighted by molar-refractivity contribution is 7.14. The summed E-state index contributed by atoms with van der Waals surface area (Å²) in [6.45, 7) is 0.703. The average Bonchev–Trinajstić information content (AvgIpc) is 3.15. The maximum atomic E-state index is 12.2. The van der Waals surface area contributed by atoms with Gasteiger partial charge in [0.1, 0.15) is 0 Å². The first-order chi connectivity index (χ1) is 11.9.